The van der Waals surface area contributed by atoms with Crippen molar-refractivity contribution < 1.29 is 14.0 Å². The molecule has 1 aliphatic rings. The molecule has 5 heteroatoms. The molecule has 0 saturated carbocycles. The first-order valence-corrected chi connectivity index (χ1v) is 8.86. The largest absolute Gasteiger partial charge is 0.342 e. The number of amides is 2. The summed E-state index contributed by atoms with van der Waals surface area (Å²) in [5, 5.41) is 0. The molecule has 2 amide bonds. The Morgan fingerprint density at radius 1 is 1.25 bits per heavy atom. The maximum atomic E-state index is 13.7. The zero-order valence-corrected chi connectivity index (χ0v) is 14.6. The monoisotopic (exact) mass is 334 g/mol. The van der Waals surface area contributed by atoms with Gasteiger partial charge in [-0.2, -0.15) is 0 Å². The van der Waals surface area contributed by atoms with Crippen molar-refractivity contribution in [2.45, 2.75) is 39.5 Å². The molecule has 1 unspecified atom stereocenters. The number of carbonyl (C=O) groups excluding carboxylic acids is 2. The van der Waals surface area contributed by atoms with Gasteiger partial charge in [-0.1, -0.05) is 32.0 Å². The molecular weight excluding hydrogens is 307 g/mol. The van der Waals surface area contributed by atoms with E-state index in [-0.39, 0.29) is 30.0 Å². The molecule has 1 fully saturated rings. The molecule has 1 atom stereocenters. The number of likely N-dealkylation sites (tertiary alicyclic amines) is 1. The van der Waals surface area contributed by atoms with Crippen LogP contribution in [0.3, 0.4) is 0 Å². The lowest BCUT2D eigenvalue weighted by atomic mass is 10.1. The number of carbonyl (C=O) groups is 2. The molecule has 1 aromatic rings. The minimum absolute atomic E-state index is 0.00219. The van der Waals surface area contributed by atoms with E-state index in [1.807, 2.05) is 4.90 Å². The zero-order valence-electron chi connectivity index (χ0n) is 14.6. The lowest BCUT2D eigenvalue weighted by Crippen LogP contribution is -2.38. The fraction of sp³-hybridized carbons (Fsp3) is 0.579. The predicted molar refractivity (Wildman–Crippen MR) is 92.0 cm³/mol. The normalized spacial score (nSPS) is 17.4. The highest BCUT2D eigenvalue weighted by atomic mass is 19.1. The van der Waals surface area contributed by atoms with E-state index < -0.39 is 0 Å². The Kier molecular flexibility index (Phi) is 6.76. The quantitative estimate of drug-likeness (QED) is 0.733. The molecule has 0 aromatic heterocycles. The van der Waals surface area contributed by atoms with Gasteiger partial charge in [-0.25, -0.2) is 4.39 Å². The second-order valence-electron chi connectivity index (χ2n) is 6.41. The predicted octanol–water partition coefficient (Wildman–Crippen LogP) is 2.87. The number of hydrogen-bond acceptors (Lipinski definition) is 2. The minimum atomic E-state index is -0.253. The van der Waals surface area contributed by atoms with E-state index in [0.717, 1.165) is 25.9 Å². The lowest BCUT2D eigenvalue weighted by Gasteiger charge is -2.24. The molecule has 1 aliphatic heterocycles. The average Bonchev–Trinajstić information content (AvgIpc) is 2.94. The van der Waals surface area contributed by atoms with Crippen molar-refractivity contribution in [3.8, 4) is 0 Å². The summed E-state index contributed by atoms with van der Waals surface area (Å²) < 4.78 is 13.7. The second-order valence-corrected chi connectivity index (χ2v) is 6.41. The van der Waals surface area contributed by atoms with E-state index in [1.165, 1.54) is 6.07 Å². The second kappa shape index (κ2) is 8.81. The topological polar surface area (TPSA) is 40.6 Å². The van der Waals surface area contributed by atoms with Crippen molar-refractivity contribution in [1.29, 1.82) is 0 Å². The molecule has 0 N–H and O–H groups in total. The number of benzene rings is 1. The number of hydrogen-bond donors (Lipinski definition) is 0. The van der Waals surface area contributed by atoms with Crippen LogP contribution in [-0.2, 0) is 16.0 Å². The van der Waals surface area contributed by atoms with Crippen molar-refractivity contribution in [2.75, 3.05) is 26.2 Å². The van der Waals surface area contributed by atoms with Gasteiger partial charge in [0.1, 0.15) is 5.82 Å². The van der Waals surface area contributed by atoms with Crippen LogP contribution in [0, 0.1) is 11.7 Å². The smallest absolute Gasteiger partial charge is 0.227 e. The van der Waals surface area contributed by atoms with E-state index in [4.69, 9.17) is 0 Å². The Balaban J connectivity index is 1.92. The molecule has 132 valence electrons. The van der Waals surface area contributed by atoms with Gasteiger partial charge in [-0.3, -0.25) is 9.59 Å². The molecule has 24 heavy (non-hydrogen) atoms. The average molecular weight is 334 g/mol. The summed E-state index contributed by atoms with van der Waals surface area (Å²) in [4.78, 5) is 28.4. The van der Waals surface area contributed by atoms with Gasteiger partial charge in [0.25, 0.3) is 0 Å². The van der Waals surface area contributed by atoms with Crippen LogP contribution in [0.25, 0.3) is 0 Å². The number of rotatable bonds is 8. The fourth-order valence-electron chi connectivity index (χ4n) is 3.24. The van der Waals surface area contributed by atoms with E-state index in [0.29, 0.717) is 25.1 Å². The molecule has 0 radical (unpaired) electrons. The summed E-state index contributed by atoms with van der Waals surface area (Å²) in [5.74, 6) is -0.414. The van der Waals surface area contributed by atoms with Crippen LogP contribution in [0.2, 0.25) is 0 Å². The first kappa shape index (κ1) is 18.4. The lowest BCUT2D eigenvalue weighted by molar-refractivity contribution is -0.136. The van der Waals surface area contributed by atoms with Gasteiger partial charge < -0.3 is 9.80 Å². The van der Waals surface area contributed by atoms with Gasteiger partial charge in [-0.15, -0.1) is 0 Å². The third-order valence-electron chi connectivity index (χ3n) is 4.47. The number of nitrogens with zero attached hydrogens (tertiary/aromatic N) is 2. The molecule has 0 bridgehead atoms. The van der Waals surface area contributed by atoms with Gasteiger partial charge in [0.05, 0.1) is 5.92 Å². The van der Waals surface area contributed by atoms with E-state index in [9.17, 15) is 14.0 Å². The molecule has 0 spiro atoms. The molecule has 1 saturated heterocycles. The molecular formula is C19H27FN2O2. The summed E-state index contributed by atoms with van der Waals surface area (Å²) in [5.41, 5.74) is 0.610. The van der Waals surface area contributed by atoms with E-state index >= 15 is 0 Å². The molecule has 0 aliphatic carbocycles. The SMILES string of the molecule is CCCN(CCC)C(=O)C1CC(=O)N(CCc2ccccc2F)C1. The van der Waals surface area contributed by atoms with Crippen LogP contribution in [0.1, 0.15) is 38.7 Å². The Bertz CT molecular complexity index is 570. The highest BCUT2D eigenvalue weighted by Gasteiger charge is 2.35. The van der Waals surface area contributed by atoms with Crippen molar-refractivity contribution in [3.05, 3.63) is 35.6 Å². The summed E-state index contributed by atoms with van der Waals surface area (Å²) in [6.07, 6.45) is 2.60. The Morgan fingerprint density at radius 3 is 2.54 bits per heavy atom. The maximum absolute atomic E-state index is 13.7. The first-order valence-electron chi connectivity index (χ1n) is 8.86. The van der Waals surface area contributed by atoms with E-state index in [1.54, 1.807) is 23.1 Å². The standard InChI is InChI=1S/C19H27FN2O2/c1-3-10-21(11-4-2)19(24)16-13-18(23)22(14-16)12-9-15-7-5-6-8-17(15)20/h5-8,16H,3-4,9-14H2,1-2H3. The minimum Gasteiger partial charge on any atom is -0.342 e. The van der Waals surface area contributed by atoms with Crippen molar-refractivity contribution in [3.63, 3.8) is 0 Å². The van der Waals surface area contributed by atoms with Gasteiger partial charge >= 0.3 is 0 Å². The van der Waals surface area contributed by atoms with Crippen LogP contribution in [-0.4, -0.2) is 47.8 Å². The van der Waals surface area contributed by atoms with Crippen LogP contribution in [0.15, 0.2) is 24.3 Å². The third kappa shape index (κ3) is 4.56. The Hall–Kier alpha value is -1.91. The van der Waals surface area contributed by atoms with E-state index in [2.05, 4.69) is 13.8 Å². The van der Waals surface area contributed by atoms with Crippen LogP contribution >= 0.6 is 0 Å². The number of halogens is 1. The molecule has 4 nitrogen and oxygen atoms in total. The maximum Gasteiger partial charge on any atom is 0.227 e. The van der Waals surface area contributed by atoms with Gasteiger partial charge in [0, 0.05) is 32.6 Å². The summed E-state index contributed by atoms with van der Waals surface area (Å²) >= 11 is 0. The van der Waals surface area contributed by atoms with Gasteiger partial charge in [-0.05, 0) is 30.9 Å². The van der Waals surface area contributed by atoms with Crippen molar-refractivity contribution >= 4 is 11.8 Å². The molecule has 1 heterocycles. The van der Waals surface area contributed by atoms with Crippen LogP contribution in [0.5, 0.6) is 0 Å². The summed E-state index contributed by atoms with van der Waals surface area (Å²) in [6, 6.07) is 6.62. The van der Waals surface area contributed by atoms with Crippen LogP contribution in [0.4, 0.5) is 4.39 Å². The highest BCUT2D eigenvalue weighted by Crippen LogP contribution is 2.21. The fourth-order valence-corrected chi connectivity index (χ4v) is 3.24. The van der Waals surface area contributed by atoms with Gasteiger partial charge in [0.2, 0.25) is 11.8 Å². The van der Waals surface area contributed by atoms with Gasteiger partial charge in [0.15, 0.2) is 0 Å². The summed E-state index contributed by atoms with van der Waals surface area (Å²) in [7, 11) is 0. The first-order chi connectivity index (χ1) is 11.6. The Morgan fingerprint density at radius 2 is 1.92 bits per heavy atom. The third-order valence-corrected chi connectivity index (χ3v) is 4.47. The van der Waals surface area contributed by atoms with Crippen molar-refractivity contribution in [1.82, 2.24) is 9.80 Å². The van der Waals surface area contributed by atoms with Crippen LogP contribution < -0.4 is 0 Å². The zero-order chi connectivity index (χ0) is 17.5. The molecule has 2 rings (SSSR count). The Labute approximate surface area is 143 Å². The highest BCUT2D eigenvalue weighted by molar-refractivity contribution is 5.89. The molecule has 1 aromatic carbocycles. The van der Waals surface area contributed by atoms with Crippen molar-refractivity contribution in [2.24, 2.45) is 5.92 Å². The summed E-state index contributed by atoms with van der Waals surface area (Å²) in [6.45, 7) is 6.51.